The molecule has 4 nitrogen and oxygen atoms in total. The van der Waals surface area contributed by atoms with Crippen LogP contribution in [0.2, 0.25) is 0 Å². The summed E-state index contributed by atoms with van der Waals surface area (Å²) in [4.78, 5) is 12.3. The standard InChI is InChI=1S/C15H10FN3O/c16-12-5-3-10(4-6-12)15-18-13(8-14(20)19-15)11-2-1-7-17-9-11/h1-9H,(H,18,19,20). The summed E-state index contributed by atoms with van der Waals surface area (Å²) in [5.74, 6) is -0.136. The molecule has 3 rings (SSSR count). The van der Waals surface area contributed by atoms with Crippen LogP contribution in [0.15, 0.2) is 54.9 Å². The highest BCUT2D eigenvalue weighted by molar-refractivity contribution is 5.64. The zero-order valence-electron chi connectivity index (χ0n) is 10.4. The van der Waals surface area contributed by atoms with Gasteiger partial charge in [0.05, 0.1) is 5.69 Å². The summed E-state index contributed by atoms with van der Waals surface area (Å²) in [7, 11) is 0. The molecule has 3 aromatic rings. The van der Waals surface area contributed by atoms with E-state index in [1.54, 1.807) is 30.6 Å². The third-order valence-electron chi connectivity index (χ3n) is 2.77. The van der Waals surface area contributed by atoms with Gasteiger partial charge in [-0.1, -0.05) is 0 Å². The fraction of sp³-hybridized carbons (Fsp3) is 0. The van der Waals surface area contributed by atoms with Crippen LogP contribution in [0.1, 0.15) is 0 Å². The van der Waals surface area contributed by atoms with E-state index in [4.69, 9.17) is 0 Å². The number of benzene rings is 1. The Morgan fingerprint density at radius 3 is 2.45 bits per heavy atom. The zero-order valence-corrected chi connectivity index (χ0v) is 10.4. The Balaban J connectivity index is 2.09. The van der Waals surface area contributed by atoms with Crippen molar-refractivity contribution in [2.45, 2.75) is 0 Å². The first-order valence-electron chi connectivity index (χ1n) is 5.97. The Morgan fingerprint density at radius 1 is 0.950 bits per heavy atom. The van der Waals surface area contributed by atoms with E-state index in [1.165, 1.54) is 18.2 Å². The number of rotatable bonds is 2. The largest absolute Gasteiger partial charge is 0.493 e. The van der Waals surface area contributed by atoms with Crippen LogP contribution in [-0.4, -0.2) is 20.1 Å². The van der Waals surface area contributed by atoms with Crippen LogP contribution in [0.5, 0.6) is 5.88 Å². The minimum Gasteiger partial charge on any atom is -0.493 e. The summed E-state index contributed by atoms with van der Waals surface area (Å²) in [5.41, 5.74) is 1.96. The number of nitrogens with zero attached hydrogens (tertiary/aromatic N) is 3. The van der Waals surface area contributed by atoms with Crippen LogP contribution in [0.3, 0.4) is 0 Å². The molecule has 0 saturated heterocycles. The highest BCUT2D eigenvalue weighted by Gasteiger charge is 2.08. The highest BCUT2D eigenvalue weighted by Crippen LogP contribution is 2.24. The first-order chi connectivity index (χ1) is 9.72. The molecular formula is C15H10FN3O. The molecule has 2 heterocycles. The van der Waals surface area contributed by atoms with E-state index in [2.05, 4.69) is 15.0 Å². The number of aromatic hydroxyl groups is 1. The van der Waals surface area contributed by atoms with Crippen LogP contribution in [0.4, 0.5) is 4.39 Å². The summed E-state index contributed by atoms with van der Waals surface area (Å²) in [6, 6.07) is 10.9. The van der Waals surface area contributed by atoms with Crippen LogP contribution in [0, 0.1) is 5.82 Å². The molecule has 1 aromatic carbocycles. The smallest absolute Gasteiger partial charge is 0.215 e. The minimum atomic E-state index is -0.332. The van der Waals surface area contributed by atoms with Gasteiger partial charge in [-0.2, -0.15) is 4.98 Å². The molecule has 1 N–H and O–H groups in total. The number of hydrogen-bond donors (Lipinski definition) is 1. The second-order valence-corrected chi connectivity index (χ2v) is 4.18. The fourth-order valence-electron chi connectivity index (χ4n) is 1.82. The van der Waals surface area contributed by atoms with Gasteiger partial charge < -0.3 is 5.11 Å². The van der Waals surface area contributed by atoms with Gasteiger partial charge in [-0.25, -0.2) is 9.37 Å². The Bertz CT molecular complexity index is 730. The Kier molecular flexibility index (Phi) is 3.09. The average molecular weight is 267 g/mol. The Labute approximate surface area is 114 Å². The number of pyridine rings is 1. The second-order valence-electron chi connectivity index (χ2n) is 4.18. The SMILES string of the molecule is Oc1cc(-c2cccnc2)nc(-c2ccc(F)cc2)n1. The summed E-state index contributed by atoms with van der Waals surface area (Å²) in [5, 5.41) is 9.73. The van der Waals surface area contributed by atoms with E-state index in [1.807, 2.05) is 6.07 Å². The van der Waals surface area contributed by atoms with Gasteiger partial charge in [0.1, 0.15) is 5.82 Å². The predicted octanol–water partition coefficient (Wildman–Crippen LogP) is 3.05. The summed E-state index contributed by atoms with van der Waals surface area (Å²) in [6.07, 6.45) is 3.31. The lowest BCUT2D eigenvalue weighted by Crippen LogP contribution is -1.93. The van der Waals surface area contributed by atoms with Gasteiger partial charge in [-0.05, 0) is 36.4 Å². The van der Waals surface area contributed by atoms with Crippen molar-refractivity contribution in [3.63, 3.8) is 0 Å². The van der Waals surface area contributed by atoms with Crippen molar-refractivity contribution in [3.05, 3.63) is 60.7 Å². The van der Waals surface area contributed by atoms with E-state index in [9.17, 15) is 9.50 Å². The highest BCUT2D eigenvalue weighted by atomic mass is 19.1. The molecule has 0 atom stereocenters. The molecule has 0 fully saturated rings. The predicted molar refractivity (Wildman–Crippen MR) is 72.3 cm³/mol. The van der Waals surface area contributed by atoms with E-state index in [0.29, 0.717) is 17.1 Å². The van der Waals surface area contributed by atoms with Gasteiger partial charge in [-0.3, -0.25) is 4.98 Å². The van der Waals surface area contributed by atoms with Crippen molar-refractivity contribution in [3.8, 4) is 28.5 Å². The van der Waals surface area contributed by atoms with Gasteiger partial charge in [-0.15, -0.1) is 0 Å². The summed E-state index contributed by atoms with van der Waals surface area (Å²) in [6.45, 7) is 0. The summed E-state index contributed by atoms with van der Waals surface area (Å²) < 4.78 is 12.9. The van der Waals surface area contributed by atoms with Crippen molar-refractivity contribution in [1.82, 2.24) is 15.0 Å². The first-order valence-corrected chi connectivity index (χ1v) is 5.97. The quantitative estimate of drug-likeness (QED) is 0.775. The molecular weight excluding hydrogens is 257 g/mol. The normalized spacial score (nSPS) is 10.4. The molecule has 0 amide bonds. The third kappa shape index (κ3) is 2.47. The van der Waals surface area contributed by atoms with E-state index < -0.39 is 0 Å². The lowest BCUT2D eigenvalue weighted by Gasteiger charge is -2.05. The minimum absolute atomic E-state index is 0.141. The zero-order chi connectivity index (χ0) is 13.9. The van der Waals surface area contributed by atoms with Crippen LogP contribution in [-0.2, 0) is 0 Å². The average Bonchev–Trinajstić information content (AvgIpc) is 2.48. The first kappa shape index (κ1) is 12.2. The molecule has 0 aliphatic heterocycles. The molecule has 98 valence electrons. The second kappa shape index (κ2) is 5.05. The lowest BCUT2D eigenvalue weighted by molar-refractivity contribution is 0.453. The molecule has 5 heteroatoms. The summed E-state index contributed by atoms with van der Waals surface area (Å²) >= 11 is 0. The van der Waals surface area contributed by atoms with Crippen molar-refractivity contribution < 1.29 is 9.50 Å². The van der Waals surface area contributed by atoms with Gasteiger partial charge in [0.15, 0.2) is 5.82 Å². The number of aromatic nitrogens is 3. The monoisotopic (exact) mass is 267 g/mol. The van der Waals surface area contributed by atoms with Crippen LogP contribution < -0.4 is 0 Å². The molecule has 0 spiro atoms. The molecule has 0 radical (unpaired) electrons. The van der Waals surface area contributed by atoms with E-state index >= 15 is 0 Å². The van der Waals surface area contributed by atoms with Crippen molar-refractivity contribution in [1.29, 1.82) is 0 Å². The third-order valence-corrected chi connectivity index (χ3v) is 2.77. The Hall–Kier alpha value is -2.82. The number of hydrogen-bond acceptors (Lipinski definition) is 4. The maximum Gasteiger partial charge on any atom is 0.215 e. The van der Waals surface area contributed by atoms with Gasteiger partial charge in [0.2, 0.25) is 5.88 Å². The Morgan fingerprint density at radius 2 is 1.75 bits per heavy atom. The number of halogens is 1. The molecule has 2 aromatic heterocycles. The van der Waals surface area contributed by atoms with E-state index in [0.717, 1.165) is 5.56 Å². The maximum absolute atomic E-state index is 12.9. The molecule has 0 saturated carbocycles. The molecule has 0 bridgehead atoms. The molecule has 0 unspecified atom stereocenters. The van der Waals surface area contributed by atoms with E-state index in [-0.39, 0.29) is 11.7 Å². The van der Waals surface area contributed by atoms with Gasteiger partial charge >= 0.3 is 0 Å². The van der Waals surface area contributed by atoms with Crippen molar-refractivity contribution >= 4 is 0 Å². The topological polar surface area (TPSA) is 58.9 Å². The van der Waals surface area contributed by atoms with Crippen LogP contribution in [0.25, 0.3) is 22.6 Å². The van der Waals surface area contributed by atoms with Gasteiger partial charge in [0.25, 0.3) is 0 Å². The molecule has 0 aliphatic carbocycles. The molecule has 0 aliphatic rings. The van der Waals surface area contributed by atoms with Crippen molar-refractivity contribution in [2.75, 3.05) is 0 Å². The lowest BCUT2D eigenvalue weighted by atomic mass is 10.1. The van der Waals surface area contributed by atoms with Crippen LogP contribution >= 0.6 is 0 Å². The van der Waals surface area contributed by atoms with Gasteiger partial charge in [0, 0.05) is 29.6 Å². The molecule has 20 heavy (non-hydrogen) atoms. The van der Waals surface area contributed by atoms with Crippen molar-refractivity contribution in [2.24, 2.45) is 0 Å². The maximum atomic E-state index is 12.9. The fourth-order valence-corrected chi connectivity index (χ4v) is 1.82.